The Balaban J connectivity index is 1.41. The normalized spacial score (nSPS) is 14.2. The average Bonchev–Trinajstić information content (AvgIpc) is 3.26. The van der Waals surface area contributed by atoms with Crippen molar-refractivity contribution in [1.82, 2.24) is 25.1 Å². The van der Waals surface area contributed by atoms with Crippen LogP contribution >= 0.6 is 0 Å². The second-order valence-corrected chi connectivity index (χ2v) is 7.54. The molecule has 0 saturated carbocycles. The third-order valence-electron chi connectivity index (χ3n) is 5.52. The second kappa shape index (κ2) is 8.61. The number of benzene rings is 2. The number of anilines is 1. The highest BCUT2D eigenvalue weighted by atomic mass is 19.1. The van der Waals surface area contributed by atoms with Gasteiger partial charge in [-0.1, -0.05) is 36.3 Å². The van der Waals surface area contributed by atoms with Gasteiger partial charge in [-0.2, -0.15) is 4.68 Å². The number of tetrazole rings is 1. The molecule has 1 fully saturated rings. The van der Waals surface area contributed by atoms with E-state index >= 15 is 0 Å². The lowest BCUT2D eigenvalue weighted by Crippen LogP contribution is -2.50. The van der Waals surface area contributed by atoms with Crippen LogP contribution in [0.1, 0.15) is 23.6 Å². The maximum Gasteiger partial charge on any atom is 0.250 e. The molecule has 30 heavy (non-hydrogen) atoms. The van der Waals surface area contributed by atoms with E-state index in [1.807, 2.05) is 23.1 Å². The van der Waals surface area contributed by atoms with Crippen molar-refractivity contribution in [3.05, 3.63) is 65.0 Å². The fraction of sp³-hybridized carbons (Fsp3) is 0.364. The molecule has 0 atom stereocenters. The van der Waals surface area contributed by atoms with E-state index in [0.717, 1.165) is 12.1 Å². The summed E-state index contributed by atoms with van der Waals surface area (Å²) in [6.45, 7) is 6.26. The van der Waals surface area contributed by atoms with Gasteiger partial charge in [-0.25, -0.2) is 4.39 Å². The number of hydrogen-bond acceptors (Lipinski definition) is 5. The van der Waals surface area contributed by atoms with Gasteiger partial charge in [0.25, 0.3) is 0 Å². The zero-order valence-corrected chi connectivity index (χ0v) is 17.3. The molecule has 156 valence electrons. The molecular formula is C22H25FN6O. The quantitative estimate of drug-likeness (QED) is 0.649. The van der Waals surface area contributed by atoms with Crippen molar-refractivity contribution >= 4 is 11.9 Å². The Kier molecular flexibility index (Phi) is 5.74. The Hall–Kier alpha value is -3.29. The number of hydrogen-bond donors (Lipinski definition) is 0. The van der Waals surface area contributed by atoms with Crippen LogP contribution in [0.5, 0.6) is 0 Å². The Morgan fingerprint density at radius 2 is 1.87 bits per heavy atom. The number of aryl methyl sites for hydroxylation is 2. The molecule has 1 aromatic heterocycles. The van der Waals surface area contributed by atoms with E-state index < -0.39 is 0 Å². The van der Waals surface area contributed by atoms with Crippen LogP contribution in [0, 0.1) is 12.7 Å². The Bertz CT molecular complexity index is 1040. The fourth-order valence-corrected chi connectivity index (χ4v) is 3.64. The monoisotopic (exact) mass is 408 g/mol. The summed E-state index contributed by atoms with van der Waals surface area (Å²) in [7, 11) is 0. The van der Waals surface area contributed by atoms with Crippen LogP contribution in [-0.4, -0.2) is 57.2 Å². The molecule has 8 heteroatoms. The van der Waals surface area contributed by atoms with Crippen LogP contribution in [0.2, 0.25) is 0 Å². The van der Waals surface area contributed by atoms with Gasteiger partial charge in [-0.3, -0.25) is 4.79 Å². The van der Waals surface area contributed by atoms with Crippen molar-refractivity contribution in [2.24, 2.45) is 0 Å². The number of carbonyl (C=O) groups is 1. The zero-order chi connectivity index (χ0) is 21.1. The van der Waals surface area contributed by atoms with Gasteiger partial charge >= 0.3 is 0 Å². The maximum absolute atomic E-state index is 13.8. The van der Waals surface area contributed by atoms with Crippen LogP contribution in [0.25, 0.3) is 5.69 Å². The number of piperazine rings is 1. The van der Waals surface area contributed by atoms with Crippen molar-refractivity contribution in [3.63, 3.8) is 0 Å². The summed E-state index contributed by atoms with van der Waals surface area (Å²) in [5.74, 6) is 0.410. The van der Waals surface area contributed by atoms with E-state index in [0.29, 0.717) is 43.3 Å². The van der Waals surface area contributed by atoms with Crippen LogP contribution in [0.4, 0.5) is 10.3 Å². The van der Waals surface area contributed by atoms with Crippen molar-refractivity contribution in [2.45, 2.75) is 26.7 Å². The molecule has 2 aromatic carbocycles. The van der Waals surface area contributed by atoms with Gasteiger partial charge in [0, 0.05) is 26.2 Å². The van der Waals surface area contributed by atoms with Gasteiger partial charge in [0.05, 0.1) is 12.1 Å². The smallest absolute Gasteiger partial charge is 0.250 e. The average molecular weight is 408 g/mol. The number of aromatic nitrogens is 4. The van der Waals surface area contributed by atoms with Gasteiger partial charge in [-0.05, 0) is 58.7 Å². The SMILES string of the molecule is CCc1cccc(-n2nnnc2N2CCN(C(=O)Cc3ccc(C)c(F)c3)CC2)c1. The van der Waals surface area contributed by atoms with Gasteiger partial charge < -0.3 is 9.80 Å². The minimum absolute atomic E-state index is 0.00754. The van der Waals surface area contributed by atoms with E-state index in [2.05, 4.69) is 39.5 Å². The van der Waals surface area contributed by atoms with Crippen LogP contribution in [0.15, 0.2) is 42.5 Å². The lowest BCUT2D eigenvalue weighted by Gasteiger charge is -2.35. The zero-order valence-electron chi connectivity index (χ0n) is 17.3. The maximum atomic E-state index is 13.8. The fourth-order valence-electron chi connectivity index (χ4n) is 3.64. The summed E-state index contributed by atoms with van der Waals surface area (Å²) in [6.07, 6.45) is 1.15. The van der Waals surface area contributed by atoms with Gasteiger partial charge in [-0.15, -0.1) is 0 Å². The molecule has 0 bridgehead atoms. The minimum Gasteiger partial charge on any atom is -0.339 e. The predicted molar refractivity (Wildman–Crippen MR) is 112 cm³/mol. The Morgan fingerprint density at radius 3 is 2.60 bits per heavy atom. The molecule has 3 aromatic rings. The standard InChI is InChI=1S/C22H25FN6O/c1-3-17-5-4-6-19(13-17)29-22(24-25-26-29)28-11-9-27(10-12-28)21(30)15-18-8-7-16(2)20(23)14-18/h4-8,13-14H,3,9-12,15H2,1-2H3. The summed E-state index contributed by atoms with van der Waals surface area (Å²) in [5, 5.41) is 12.2. The van der Waals surface area contributed by atoms with Gasteiger partial charge in [0.1, 0.15) is 5.82 Å². The summed E-state index contributed by atoms with van der Waals surface area (Å²) < 4.78 is 15.5. The number of rotatable bonds is 5. The first-order valence-corrected chi connectivity index (χ1v) is 10.2. The lowest BCUT2D eigenvalue weighted by molar-refractivity contribution is -0.130. The first kappa shape index (κ1) is 20.0. The first-order valence-electron chi connectivity index (χ1n) is 10.2. The van der Waals surface area contributed by atoms with Crippen LogP contribution in [-0.2, 0) is 17.6 Å². The first-order chi connectivity index (χ1) is 14.5. The molecule has 7 nitrogen and oxygen atoms in total. The van der Waals surface area contributed by atoms with E-state index in [1.165, 1.54) is 11.6 Å². The summed E-state index contributed by atoms with van der Waals surface area (Å²) in [5.41, 5.74) is 3.43. The van der Waals surface area contributed by atoms with E-state index in [1.54, 1.807) is 17.7 Å². The number of amides is 1. The van der Waals surface area contributed by atoms with Gasteiger partial charge in [0.2, 0.25) is 11.9 Å². The molecule has 1 aliphatic rings. The van der Waals surface area contributed by atoms with Crippen molar-refractivity contribution in [1.29, 1.82) is 0 Å². The number of halogens is 1. The molecule has 0 unspecified atom stereocenters. The predicted octanol–water partition coefficient (Wildman–Crippen LogP) is 2.56. The highest BCUT2D eigenvalue weighted by Crippen LogP contribution is 2.19. The molecule has 0 spiro atoms. The summed E-state index contributed by atoms with van der Waals surface area (Å²) >= 11 is 0. The Labute approximate surface area is 175 Å². The highest BCUT2D eigenvalue weighted by molar-refractivity contribution is 5.79. The van der Waals surface area contributed by atoms with Crippen LogP contribution < -0.4 is 4.90 Å². The van der Waals surface area contributed by atoms with Crippen molar-refractivity contribution in [3.8, 4) is 5.69 Å². The molecule has 1 amide bonds. The molecule has 4 rings (SSSR count). The largest absolute Gasteiger partial charge is 0.339 e. The Morgan fingerprint density at radius 1 is 1.07 bits per heavy atom. The molecule has 1 saturated heterocycles. The molecular weight excluding hydrogens is 383 g/mol. The molecule has 0 radical (unpaired) electrons. The minimum atomic E-state index is -0.274. The molecule has 1 aliphatic heterocycles. The van der Waals surface area contributed by atoms with E-state index in [4.69, 9.17) is 0 Å². The molecule has 0 N–H and O–H groups in total. The topological polar surface area (TPSA) is 67.2 Å². The number of nitrogens with zero attached hydrogens (tertiary/aromatic N) is 6. The molecule has 0 aliphatic carbocycles. The van der Waals surface area contributed by atoms with Crippen LogP contribution in [0.3, 0.4) is 0 Å². The lowest BCUT2D eigenvalue weighted by atomic mass is 10.1. The van der Waals surface area contributed by atoms with Crippen molar-refractivity contribution in [2.75, 3.05) is 31.1 Å². The van der Waals surface area contributed by atoms with E-state index in [-0.39, 0.29) is 18.1 Å². The second-order valence-electron chi connectivity index (χ2n) is 7.54. The van der Waals surface area contributed by atoms with Gasteiger partial charge in [0.15, 0.2) is 0 Å². The summed E-state index contributed by atoms with van der Waals surface area (Å²) in [6, 6.07) is 13.1. The third kappa shape index (κ3) is 4.17. The third-order valence-corrected chi connectivity index (χ3v) is 5.52. The highest BCUT2D eigenvalue weighted by Gasteiger charge is 2.25. The molecule has 2 heterocycles. The van der Waals surface area contributed by atoms with Crippen molar-refractivity contribution < 1.29 is 9.18 Å². The summed E-state index contributed by atoms with van der Waals surface area (Å²) in [4.78, 5) is 16.6. The number of carbonyl (C=O) groups excluding carboxylic acids is 1. The van der Waals surface area contributed by atoms with E-state index in [9.17, 15) is 9.18 Å².